The third kappa shape index (κ3) is 3.96. The molecule has 0 fully saturated rings. The number of nitrogens with zero attached hydrogens (tertiary/aromatic N) is 1. The van der Waals surface area contributed by atoms with Crippen LogP contribution in [0.1, 0.15) is 0 Å². The van der Waals surface area contributed by atoms with Crippen molar-refractivity contribution < 1.29 is 19.4 Å². The van der Waals surface area contributed by atoms with Gasteiger partial charge in [0, 0.05) is 13.6 Å². The molecule has 0 heterocycles. The number of amides is 1. The first kappa shape index (κ1) is 13.3. The molecule has 0 aliphatic heterocycles. The summed E-state index contributed by atoms with van der Waals surface area (Å²) in [6, 6.07) is 7.13. The molecule has 0 atom stereocenters. The molecule has 0 spiro atoms. The minimum Gasteiger partial charge on any atom is -0.493 e. The SMILES string of the molecule is COc1ccccc1OCC(=O)N(C)CCO. The average molecular weight is 239 g/mol. The Bertz CT molecular complexity index is 367. The van der Waals surface area contributed by atoms with Crippen LogP contribution >= 0.6 is 0 Å². The summed E-state index contributed by atoms with van der Waals surface area (Å²) in [6.45, 7) is 0.169. The van der Waals surface area contributed by atoms with E-state index >= 15 is 0 Å². The fourth-order valence-electron chi connectivity index (χ4n) is 1.26. The lowest BCUT2D eigenvalue weighted by Crippen LogP contribution is -2.33. The van der Waals surface area contributed by atoms with E-state index in [1.807, 2.05) is 6.07 Å². The number of likely N-dealkylation sites (N-methyl/N-ethyl adjacent to an activating group) is 1. The molecule has 5 heteroatoms. The lowest BCUT2D eigenvalue weighted by Gasteiger charge is -2.16. The van der Waals surface area contributed by atoms with Crippen molar-refractivity contribution in [2.24, 2.45) is 0 Å². The number of aliphatic hydroxyl groups excluding tert-OH is 1. The first-order valence-electron chi connectivity index (χ1n) is 5.29. The van der Waals surface area contributed by atoms with Crippen molar-refractivity contribution in [1.82, 2.24) is 4.90 Å². The highest BCUT2D eigenvalue weighted by Gasteiger charge is 2.10. The van der Waals surface area contributed by atoms with Crippen LogP contribution in [0.4, 0.5) is 0 Å². The van der Waals surface area contributed by atoms with Gasteiger partial charge in [0.25, 0.3) is 5.91 Å². The molecular formula is C12H17NO4. The Labute approximate surface area is 101 Å². The normalized spacial score (nSPS) is 9.82. The Hall–Kier alpha value is -1.75. The third-order valence-electron chi connectivity index (χ3n) is 2.28. The molecule has 1 aromatic carbocycles. The molecule has 0 aromatic heterocycles. The molecular weight excluding hydrogens is 222 g/mol. The van der Waals surface area contributed by atoms with Crippen molar-refractivity contribution in [2.75, 3.05) is 33.9 Å². The van der Waals surface area contributed by atoms with E-state index in [0.717, 1.165) is 0 Å². The zero-order valence-electron chi connectivity index (χ0n) is 10.0. The summed E-state index contributed by atoms with van der Waals surface area (Å²) in [5, 5.41) is 8.70. The van der Waals surface area contributed by atoms with E-state index in [9.17, 15) is 4.79 Å². The quantitative estimate of drug-likeness (QED) is 0.786. The predicted octanol–water partition coefficient (Wildman–Crippen LogP) is 0.525. The summed E-state index contributed by atoms with van der Waals surface area (Å²) in [4.78, 5) is 13.0. The number of carbonyl (C=O) groups is 1. The molecule has 0 aliphatic rings. The fourth-order valence-corrected chi connectivity index (χ4v) is 1.26. The van der Waals surface area contributed by atoms with E-state index in [4.69, 9.17) is 14.6 Å². The minimum absolute atomic E-state index is 0.0586. The number of rotatable bonds is 6. The molecule has 0 aliphatic carbocycles. The van der Waals surface area contributed by atoms with Gasteiger partial charge in [0.2, 0.25) is 0 Å². The largest absolute Gasteiger partial charge is 0.493 e. The zero-order chi connectivity index (χ0) is 12.7. The summed E-state index contributed by atoms with van der Waals surface area (Å²) in [7, 11) is 3.16. The summed E-state index contributed by atoms with van der Waals surface area (Å²) < 4.78 is 10.5. The van der Waals surface area contributed by atoms with Crippen molar-refractivity contribution in [2.45, 2.75) is 0 Å². The Balaban J connectivity index is 2.52. The summed E-state index contributed by atoms with van der Waals surface area (Å²) in [5.41, 5.74) is 0. The average Bonchev–Trinajstić information content (AvgIpc) is 2.36. The van der Waals surface area contributed by atoms with E-state index in [2.05, 4.69) is 0 Å². The summed E-state index contributed by atoms with van der Waals surface area (Å²) >= 11 is 0. The van der Waals surface area contributed by atoms with Gasteiger partial charge in [-0.3, -0.25) is 4.79 Å². The second kappa shape index (κ2) is 6.75. The van der Waals surface area contributed by atoms with E-state index < -0.39 is 0 Å². The fraction of sp³-hybridized carbons (Fsp3) is 0.417. The molecule has 1 N–H and O–H groups in total. The van der Waals surface area contributed by atoms with Crippen LogP contribution in [0.5, 0.6) is 11.5 Å². The number of methoxy groups -OCH3 is 1. The standard InChI is InChI=1S/C12H17NO4/c1-13(7-8-14)12(15)9-17-11-6-4-3-5-10(11)16-2/h3-6,14H,7-9H2,1-2H3. The van der Waals surface area contributed by atoms with Crippen molar-refractivity contribution in [3.63, 3.8) is 0 Å². The van der Waals surface area contributed by atoms with E-state index in [-0.39, 0.29) is 19.1 Å². The molecule has 0 saturated carbocycles. The second-order valence-electron chi connectivity index (χ2n) is 3.48. The summed E-state index contributed by atoms with van der Waals surface area (Å²) in [5.74, 6) is 0.927. The molecule has 5 nitrogen and oxygen atoms in total. The van der Waals surface area contributed by atoms with Gasteiger partial charge in [0.05, 0.1) is 13.7 Å². The number of hydrogen-bond acceptors (Lipinski definition) is 4. The van der Waals surface area contributed by atoms with Gasteiger partial charge >= 0.3 is 0 Å². The van der Waals surface area contributed by atoms with Crippen molar-refractivity contribution in [3.8, 4) is 11.5 Å². The van der Waals surface area contributed by atoms with Gasteiger partial charge in [-0.2, -0.15) is 0 Å². The molecule has 1 aromatic rings. The molecule has 0 saturated heterocycles. The maximum Gasteiger partial charge on any atom is 0.260 e. The van der Waals surface area contributed by atoms with Gasteiger partial charge in [-0.05, 0) is 12.1 Å². The van der Waals surface area contributed by atoms with Crippen LogP contribution in [0.3, 0.4) is 0 Å². The molecule has 0 unspecified atom stereocenters. The highest BCUT2D eigenvalue weighted by atomic mass is 16.5. The maximum atomic E-state index is 11.6. The molecule has 0 bridgehead atoms. The smallest absolute Gasteiger partial charge is 0.260 e. The van der Waals surface area contributed by atoms with Gasteiger partial charge < -0.3 is 19.5 Å². The molecule has 0 radical (unpaired) electrons. The first-order valence-corrected chi connectivity index (χ1v) is 5.29. The monoisotopic (exact) mass is 239 g/mol. The lowest BCUT2D eigenvalue weighted by atomic mass is 10.3. The van der Waals surface area contributed by atoms with Gasteiger partial charge in [-0.25, -0.2) is 0 Å². The number of aliphatic hydroxyl groups is 1. The van der Waals surface area contributed by atoms with Crippen molar-refractivity contribution in [3.05, 3.63) is 24.3 Å². The van der Waals surface area contributed by atoms with Crippen molar-refractivity contribution >= 4 is 5.91 Å². The topological polar surface area (TPSA) is 59.0 Å². The Morgan fingerprint density at radius 2 is 2.00 bits per heavy atom. The summed E-state index contributed by atoms with van der Waals surface area (Å²) in [6.07, 6.45) is 0. The highest BCUT2D eigenvalue weighted by molar-refractivity contribution is 5.77. The van der Waals surface area contributed by atoms with Crippen LogP contribution in [-0.2, 0) is 4.79 Å². The molecule has 1 rings (SSSR count). The number of benzene rings is 1. The number of para-hydroxylation sites is 2. The Morgan fingerprint density at radius 1 is 1.35 bits per heavy atom. The van der Waals surface area contributed by atoms with Gasteiger partial charge in [0.1, 0.15) is 0 Å². The lowest BCUT2D eigenvalue weighted by molar-refractivity contribution is -0.132. The van der Waals surface area contributed by atoms with Crippen molar-refractivity contribution in [1.29, 1.82) is 0 Å². The van der Waals surface area contributed by atoms with Crippen LogP contribution in [0.25, 0.3) is 0 Å². The van der Waals surface area contributed by atoms with Gasteiger partial charge in [-0.1, -0.05) is 12.1 Å². The number of hydrogen-bond donors (Lipinski definition) is 1. The predicted molar refractivity (Wildman–Crippen MR) is 63.2 cm³/mol. The maximum absolute atomic E-state index is 11.6. The first-order chi connectivity index (χ1) is 8.19. The van der Waals surface area contributed by atoms with Crippen LogP contribution in [-0.4, -0.2) is 49.8 Å². The van der Waals surface area contributed by atoms with E-state index in [1.54, 1.807) is 32.4 Å². The van der Waals surface area contributed by atoms with Crippen LogP contribution in [0, 0.1) is 0 Å². The number of carbonyl (C=O) groups excluding carboxylic acids is 1. The highest BCUT2D eigenvalue weighted by Crippen LogP contribution is 2.25. The van der Waals surface area contributed by atoms with E-state index in [0.29, 0.717) is 18.0 Å². The Kier molecular flexibility index (Phi) is 5.29. The van der Waals surface area contributed by atoms with Gasteiger partial charge in [-0.15, -0.1) is 0 Å². The van der Waals surface area contributed by atoms with Crippen LogP contribution in [0.15, 0.2) is 24.3 Å². The molecule has 94 valence electrons. The van der Waals surface area contributed by atoms with Gasteiger partial charge in [0.15, 0.2) is 18.1 Å². The van der Waals surface area contributed by atoms with E-state index in [1.165, 1.54) is 4.90 Å². The zero-order valence-corrected chi connectivity index (χ0v) is 10.0. The second-order valence-corrected chi connectivity index (χ2v) is 3.48. The van der Waals surface area contributed by atoms with Crippen LogP contribution < -0.4 is 9.47 Å². The molecule has 1 amide bonds. The minimum atomic E-state index is -0.190. The number of ether oxygens (including phenoxy) is 2. The Morgan fingerprint density at radius 3 is 2.59 bits per heavy atom. The molecule has 17 heavy (non-hydrogen) atoms. The van der Waals surface area contributed by atoms with Crippen LogP contribution in [0.2, 0.25) is 0 Å². The third-order valence-corrected chi connectivity index (χ3v) is 2.28.